The fourth-order valence-corrected chi connectivity index (χ4v) is 2.85. The summed E-state index contributed by atoms with van der Waals surface area (Å²) >= 11 is 7.56. The summed E-state index contributed by atoms with van der Waals surface area (Å²) in [4.78, 5) is 12.4. The molecule has 0 aromatic carbocycles. The molecule has 0 saturated heterocycles. The summed E-state index contributed by atoms with van der Waals surface area (Å²) in [5.74, 6) is 0.244. The van der Waals surface area contributed by atoms with E-state index >= 15 is 0 Å². The lowest BCUT2D eigenvalue weighted by Gasteiger charge is -2.09. The number of carbonyl (C=O) groups excluding carboxylic acids is 1. The highest BCUT2D eigenvalue weighted by molar-refractivity contribution is 7.17. The van der Waals surface area contributed by atoms with E-state index in [4.69, 9.17) is 11.6 Å². The topological polar surface area (TPSA) is 17.1 Å². The SMILES string of the molecule is Cc1cc(C2=CC(=O)CCC2)sc1Cl. The molecule has 0 bridgehead atoms. The van der Waals surface area contributed by atoms with E-state index in [-0.39, 0.29) is 5.78 Å². The molecule has 0 saturated carbocycles. The van der Waals surface area contributed by atoms with Gasteiger partial charge < -0.3 is 0 Å². The Labute approximate surface area is 92.4 Å². The van der Waals surface area contributed by atoms with E-state index in [1.807, 2.05) is 6.92 Å². The summed E-state index contributed by atoms with van der Waals surface area (Å²) in [6, 6.07) is 2.07. The minimum atomic E-state index is 0.244. The second kappa shape index (κ2) is 3.87. The fraction of sp³-hybridized carbons (Fsp3) is 0.364. The molecule has 1 heterocycles. The Bertz CT molecular complexity index is 384. The molecular formula is C11H11ClOS. The number of thiophene rings is 1. The molecule has 2 rings (SSSR count). The second-order valence-corrected chi connectivity index (χ2v) is 5.21. The maximum absolute atomic E-state index is 11.2. The number of aryl methyl sites for hydroxylation is 1. The molecule has 1 aromatic rings. The smallest absolute Gasteiger partial charge is 0.156 e. The molecule has 0 spiro atoms. The van der Waals surface area contributed by atoms with Crippen LogP contribution in [0.1, 0.15) is 29.7 Å². The maximum atomic E-state index is 11.2. The molecule has 1 aliphatic rings. The average Bonchev–Trinajstić information content (AvgIpc) is 2.47. The van der Waals surface area contributed by atoms with Gasteiger partial charge in [-0.15, -0.1) is 11.3 Å². The van der Waals surface area contributed by atoms with Crippen molar-refractivity contribution in [3.05, 3.63) is 26.9 Å². The Balaban J connectivity index is 2.35. The molecular weight excluding hydrogens is 216 g/mol. The Morgan fingerprint density at radius 3 is 2.79 bits per heavy atom. The van der Waals surface area contributed by atoms with Crippen molar-refractivity contribution in [3.8, 4) is 0 Å². The van der Waals surface area contributed by atoms with Crippen LogP contribution in [0.25, 0.3) is 5.57 Å². The van der Waals surface area contributed by atoms with Crippen LogP contribution in [0.5, 0.6) is 0 Å². The maximum Gasteiger partial charge on any atom is 0.156 e. The second-order valence-electron chi connectivity index (χ2n) is 3.56. The van der Waals surface area contributed by atoms with Gasteiger partial charge in [-0.2, -0.15) is 0 Å². The lowest BCUT2D eigenvalue weighted by molar-refractivity contribution is -0.114. The van der Waals surface area contributed by atoms with Crippen LogP contribution in [-0.2, 0) is 4.79 Å². The van der Waals surface area contributed by atoms with Gasteiger partial charge in [0, 0.05) is 11.3 Å². The van der Waals surface area contributed by atoms with Crippen molar-refractivity contribution >= 4 is 34.3 Å². The molecule has 1 aromatic heterocycles. The monoisotopic (exact) mass is 226 g/mol. The highest BCUT2D eigenvalue weighted by Crippen LogP contribution is 2.35. The Morgan fingerprint density at radius 1 is 1.43 bits per heavy atom. The standard InChI is InChI=1S/C11H11ClOS/c1-7-5-10(14-11(7)12)8-3-2-4-9(13)6-8/h5-6H,2-4H2,1H3. The molecule has 74 valence electrons. The van der Waals surface area contributed by atoms with Crippen LogP contribution in [0.3, 0.4) is 0 Å². The highest BCUT2D eigenvalue weighted by atomic mass is 35.5. The average molecular weight is 227 g/mol. The third-order valence-corrected chi connectivity index (χ3v) is 4.01. The molecule has 3 heteroatoms. The summed E-state index contributed by atoms with van der Waals surface area (Å²) in [6.07, 6.45) is 4.44. The van der Waals surface area contributed by atoms with E-state index in [1.54, 1.807) is 17.4 Å². The first-order valence-electron chi connectivity index (χ1n) is 4.66. The first kappa shape index (κ1) is 9.94. The lowest BCUT2D eigenvalue weighted by Crippen LogP contribution is -2.00. The normalized spacial score (nSPS) is 17.0. The zero-order valence-electron chi connectivity index (χ0n) is 7.97. The van der Waals surface area contributed by atoms with Gasteiger partial charge in [-0.3, -0.25) is 4.79 Å². The van der Waals surface area contributed by atoms with E-state index in [9.17, 15) is 4.79 Å². The predicted molar refractivity (Wildman–Crippen MR) is 60.9 cm³/mol. The van der Waals surface area contributed by atoms with Crippen molar-refractivity contribution in [2.75, 3.05) is 0 Å². The van der Waals surface area contributed by atoms with E-state index < -0.39 is 0 Å². The van der Waals surface area contributed by atoms with Crippen LogP contribution in [0.4, 0.5) is 0 Å². The summed E-state index contributed by atoms with van der Waals surface area (Å²) in [5, 5.41) is 0. The van der Waals surface area contributed by atoms with Crippen LogP contribution >= 0.6 is 22.9 Å². The minimum Gasteiger partial charge on any atom is -0.295 e. The lowest BCUT2D eigenvalue weighted by atomic mass is 9.97. The first-order chi connectivity index (χ1) is 6.66. The quantitative estimate of drug-likeness (QED) is 0.711. The van der Waals surface area contributed by atoms with Crippen LogP contribution < -0.4 is 0 Å². The molecule has 0 unspecified atom stereocenters. The summed E-state index contributed by atoms with van der Waals surface area (Å²) < 4.78 is 0.832. The largest absolute Gasteiger partial charge is 0.295 e. The van der Waals surface area contributed by atoms with Gasteiger partial charge in [0.2, 0.25) is 0 Å². The van der Waals surface area contributed by atoms with Gasteiger partial charge in [0.05, 0.1) is 4.34 Å². The zero-order valence-corrected chi connectivity index (χ0v) is 9.54. The zero-order chi connectivity index (χ0) is 10.1. The molecule has 0 amide bonds. The number of ketones is 1. The van der Waals surface area contributed by atoms with Crippen LogP contribution in [0, 0.1) is 6.92 Å². The molecule has 0 fully saturated rings. The van der Waals surface area contributed by atoms with Crippen LogP contribution in [0.2, 0.25) is 4.34 Å². The third kappa shape index (κ3) is 1.91. The minimum absolute atomic E-state index is 0.244. The van der Waals surface area contributed by atoms with Crippen molar-refractivity contribution < 1.29 is 4.79 Å². The first-order valence-corrected chi connectivity index (χ1v) is 5.86. The van der Waals surface area contributed by atoms with E-state index in [0.717, 1.165) is 33.2 Å². The van der Waals surface area contributed by atoms with Crippen molar-refractivity contribution in [2.24, 2.45) is 0 Å². The predicted octanol–water partition coefficient (Wildman–Crippen LogP) is 3.85. The molecule has 1 aliphatic carbocycles. The molecule has 14 heavy (non-hydrogen) atoms. The van der Waals surface area contributed by atoms with Crippen molar-refractivity contribution in [1.82, 2.24) is 0 Å². The Kier molecular flexibility index (Phi) is 2.75. The van der Waals surface area contributed by atoms with Gasteiger partial charge >= 0.3 is 0 Å². The van der Waals surface area contributed by atoms with Gasteiger partial charge in [-0.05, 0) is 43.0 Å². The summed E-state index contributed by atoms with van der Waals surface area (Å²) in [5.41, 5.74) is 2.26. The van der Waals surface area contributed by atoms with Gasteiger partial charge in [-0.1, -0.05) is 11.6 Å². The van der Waals surface area contributed by atoms with Crippen molar-refractivity contribution in [3.63, 3.8) is 0 Å². The van der Waals surface area contributed by atoms with Crippen molar-refractivity contribution in [1.29, 1.82) is 0 Å². The number of hydrogen-bond donors (Lipinski definition) is 0. The number of halogens is 1. The Morgan fingerprint density at radius 2 is 2.21 bits per heavy atom. The molecule has 0 aliphatic heterocycles. The summed E-state index contributed by atoms with van der Waals surface area (Å²) in [7, 11) is 0. The number of hydrogen-bond acceptors (Lipinski definition) is 2. The fourth-order valence-electron chi connectivity index (χ4n) is 1.60. The van der Waals surface area contributed by atoms with E-state index in [1.165, 1.54) is 0 Å². The van der Waals surface area contributed by atoms with Gasteiger partial charge in [0.25, 0.3) is 0 Å². The third-order valence-electron chi connectivity index (χ3n) is 2.38. The number of allylic oxidation sites excluding steroid dienone is 2. The highest BCUT2D eigenvalue weighted by Gasteiger charge is 2.14. The van der Waals surface area contributed by atoms with Gasteiger partial charge in [0.15, 0.2) is 5.78 Å². The van der Waals surface area contributed by atoms with E-state index in [2.05, 4.69) is 6.07 Å². The molecule has 1 nitrogen and oxygen atoms in total. The molecule has 0 radical (unpaired) electrons. The summed E-state index contributed by atoms with van der Waals surface area (Å²) in [6.45, 7) is 1.99. The molecule has 0 atom stereocenters. The van der Waals surface area contributed by atoms with Crippen molar-refractivity contribution in [2.45, 2.75) is 26.2 Å². The van der Waals surface area contributed by atoms with Crippen LogP contribution in [-0.4, -0.2) is 5.78 Å². The van der Waals surface area contributed by atoms with Gasteiger partial charge in [-0.25, -0.2) is 0 Å². The number of rotatable bonds is 1. The Hall–Kier alpha value is -0.600. The van der Waals surface area contributed by atoms with Gasteiger partial charge in [0.1, 0.15) is 0 Å². The number of carbonyl (C=O) groups is 1. The van der Waals surface area contributed by atoms with E-state index in [0.29, 0.717) is 6.42 Å². The molecule has 0 N–H and O–H groups in total. The van der Waals surface area contributed by atoms with Crippen LogP contribution in [0.15, 0.2) is 12.1 Å².